The van der Waals surface area contributed by atoms with E-state index in [1.165, 1.54) is 0 Å². The molecule has 0 spiro atoms. The van der Waals surface area contributed by atoms with Gasteiger partial charge in [-0.1, -0.05) is 22.9 Å². The highest BCUT2D eigenvalue weighted by Gasteiger charge is 2.13. The van der Waals surface area contributed by atoms with Crippen LogP contribution in [0, 0.1) is 6.92 Å². The molecule has 4 heteroatoms. The summed E-state index contributed by atoms with van der Waals surface area (Å²) >= 11 is 3.34. The lowest BCUT2D eigenvalue weighted by molar-refractivity contribution is 0.0911. The molecule has 14 heavy (non-hydrogen) atoms. The van der Waals surface area contributed by atoms with Crippen molar-refractivity contribution in [1.29, 1.82) is 0 Å². The van der Waals surface area contributed by atoms with Crippen molar-refractivity contribution in [3.05, 3.63) is 23.7 Å². The van der Waals surface area contributed by atoms with Crippen LogP contribution in [0.15, 0.2) is 16.5 Å². The second kappa shape index (κ2) is 5.20. The van der Waals surface area contributed by atoms with Crippen molar-refractivity contribution in [2.75, 3.05) is 5.33 Å². The molecule has 1 unspecified atom stereocenters. The van der Waals surface area contributed by atoms with E-state index in [1.807, 2.05) is 13.8 Å². The summed E-state index contributed by atoms with van der Waals surface area (Å²) in [6.07, 6.45) is 0.899. The number of halogens is 1. The molecular formula is C10H14BrNO2. The second-order valence-corrected chi connectivity index (χ2v) is 3.79. The van der Waals surface area contributed by atoms with Gasteiger partial charge in [-0.15, -0.1) is 0 Å². The summed E-state index contributed by atoms with van der Waals surface area (Å²) in [4.78, 5) is 11.6. The Kier molecular flexibility index (Phi) is 4.20. The maximum Gasteiger partial charge on any atom is 0.287 e. The lowest BCUT2D eigenvalue weighted by atomic mass is 10.2. The lowest BCUT2D eigenvalue weighted by Crippen LogP contribution is -2.35. The van der Waals surface area contributed by atoms with Crippen LogP contribution in [0.2, 0.25) is 0 Å². The van der Waals surface area contributed by atoms with Crippen LogP contribution in [0.1, 0.15) is 29.7 Å². The number of nitrogens with one attached hydrogen (secondary N) is 1. The Balaban J connectivity index is 2.58. The van der Waals surface area contributed by atoms with E-state index in [4.69, 9.17) is 4.42 Å². The number of rotatable bonds is 4. The van der Waals surface area contributed by atoms with Crippen LogP contribution in [-0.2, 0) is 0 Å². The average Bonchev–Trinajstić information content (AvgIpc) is 2.61. The van der Waals surface area contributed by atoms with Crippen molar-refractivity contribution >= 4 is 21.8 Å². The van der Waals surface area contributed by atoms with Crippen LogP contribution >= 0.6 is 15.9 Å². The maximum absolute atomic E-state index is 11.6. The first kappa shape index (κ1) is 11.3. The minimum Gasteiger partial charge on any atom is -0.456 e. The normalized spacial score (nSPS) is 12.5. The Morgan fingerprint density at radius 3 is 2.79 bits per heavy atom. The fourth-order valence-electron chi connectivity index (χ4n) is 1.06. The minimum absolute atomic E-state index is 0.149. The molecule has 1 heterocycles. The first-order valence-electron chi connectivity index (χ1n) is 4.60. The van der Waals surface area contributed by atoms with E-state index in [9.17, 15) is 4.79 Å². The third kappa shape index (κ3) is 2.87. The first-order valence-corrected chi connectivity index (χ1v) is 5.72. The van der Waals surface area contributed by atoms with Crippen molar-refractivity contribution in [2.24, 2.45) is 0 Å². The molecule has 1 atom stereocenters. The topological polar surface area (TPSA) is 42.2 Å². The van der Waals surface area contributed by atoms with Crippen LogP contribution in [0.4, 0.5) is 0 Å². The second-order valence-electron chi connectivity index (χ2n) is 3.14. The Morgan fingerprint density at radius 2 is 2.36 bits per heavy atom. The van der Waals surface area contributed by atoms with E-state index in [0.29, 0.717) is 5.76 Å². The van der Waals surface area contributed by atoms with Crippen molar-refractivity contribution in [3.63, 3.8) is 0 Å². The summed E-state index contributed by atoms with van der Waals surface area (Å²) in [5.74, 6) is 0.980. The third-order valence-corrected chi connectivity index (χ3v) is 2.76. The van der Waals surface area contributed by atoms with E-state index in [1.54, 1.807) is 12.1 Å². The van der Waals surface area contributed by atoms with Gasteiger partial charge < -0.3 is 9.73 Å². The molecule has 3 nitrogen and oxygen atoms in total. The molecule has 0 saturated heterocycles. The molecule has 1 amide bonds. The van der Waals surface area contributed by atoms with Crippen molar-refractivity contribution in [2.45, 2.75) is 26.3 Å². The standard InChI is InChI=1S/C10H14BrNO2/c1-3-8(6-11)12-10(13)9-5-4-7(2)14-9/h4-5,8H,3,6H2,1-2H3,(H,12,13). The van der Waals surface area contributed by atoms with Crippen LogP contribution in [0.25, 0.3) is 0 Å². The largest absolute Gasteiger partial charge is 0.456 e. The van der Waals surface area contributed by atoms with Gasteiger partial charge in [0.05, 0.1) is 0 Å². The van der Waals surface area contributed by atoms with E-state index in [-0.39, 0.29) is 11.9 Å². The van der Waals surface area contributed by atoms with Gasteiger partial charge in [-0.05, 0) is 25.5 Å². The molecule has 0 aliphatic rings. The number of hydrogen-bond donors (Lipinski definition) is 1. The SMILES string of the molecule is CCC(CBr)NC(=O)c1ccc(C)o1. The van der Waals surface area contributed by atoms with Gasteiger partial charge in [0.2, 0.25) is 0 Å². The van der Waals surface area contributed by atoms with Gasteiger partial charge in [-0.2, -0.15) is 0 Å². The zero-order valence-corrected chi connectivity index (χ0v) is 9.93. The Labute approximate surface area is 92.0 Å². The number of alkyl halides is 1. The number of amides is 1. The molecule has 1 N–H and O–H groups in total. The smallest absolute Gasteiger partial charge is 0.287 e. The van der Waals surface area contributed by atoms with Crippen molar-refractivity contribution < 1.29 is 9.21 Å². The lowest BCUT2D eigenvalue weighted by Gasteiger charge is -2.12. The molecule has 78 valence electrons. The summed E-state index contributed by atoms with van der Waals surface area (Å²) in [6, 6.07) is 3.63. The van der Waals surface area contributed by atoms with E-state index >= 15 is 0 Å². The predicted octanol–water partition coefficient (Wildman–Crippen LogP) is 2.49. The highest BCUT2D eigenvalue weighted by Crippen LogP contribution is 2.07. The Bertz CT molecular complexity index is 305. The van der Waals surface area contributed by atoms with E-state index in [0.717, 1.165) is 17.5 Å². The molecular weight excluding hydrogens is 246 g/mol. The number of carbonyl (C=O) groups excluding carboxylic acids is 1. The van der Waals surface area contributed by atoms with Gasteiger partial charge in [0.1, 0.15) is 5.76 Å². The summed E-state index contributed by atoms with van der Waals surface area (Å²) in [7, 11) is 0. The molecule has 0 radical (unpaired) electrons. The molecule has 1 rings (SSSR count). The van der Waals surface area contributed by atoms with Crippen molar-refractivity contribution in [1.82, 2.24) is 5.32 Å². The quantitative estimate of drug-likeness (QED) is 0.845. The van der Waals surface area contributed by atoms with Crippen LogP contribution < -0.4 is 5.32 Å². The third-order valence-electron chi connectivity index (χ3n) is 1.98. The molecule has 1 aromatic heterocycles. The molecule has 0 aliphatic carbocycles. The summed E-state index contributed by atoms with van der Waals surface area (Å²) < 4.78 is 5.21. The fraction of sp³-hybridized carbons (Fsp3) is 0.500. The number of aryl methyl sites for hydroxylation is 1. The van der Waals surface area contributed by atoms with E-state index in [2.05, 4.69) is 21.2 Å². The van der Waals surface area contributed by atoms with Crippen molar-refractivity contribution in [3.8, 4) is 0 Å². The molecule has 1 aromatic rings. The maximum atomic E-state index is 11.6. The predicted molar refractivity (Wildman–Crippen MR) is 58.8 cm³/mol. The summed E-state index contributed by atoms with van der Waals surface area (Å²) in [5, 5.41) is 3.63. The number of furan rings is 1. The molecule has 0 bridgehead atoms. The van der Waals surface area contributed by atoms with Crippen LogP contribution in [-0.4, -0.2) is 17.3 Å². The zero-order valence-electron chi connectivity index (χ0n) is 8.34. The molecule has 0 fully saturated rings. The van der Waals surface area contributed by atoms with Crippen LogP contribution in [0.5, 0.6) is 0 Å². The van der Waals surface area contributed by atoms with Crippen LogP contribution in [0.3, 0.4) is 0 Å². The zero-order chi connectivity index (χ0) is 10.6. The summed E-state index contributed by atoms with van der Waals surface area (Å²) in [5.41, 5.74) is 0. The monoisotopic (exact) mass is 259 g/mol. The number of hydrogen-bond acceptors (Lipinski definition) is 2. The van der Waals surface area contributed by atoms with Gasteiger partial charge in [0, 0.05) is 11.4 Å². The Hall–Kier alpha value is -0.770. The highest BCUT2D eigenvalue weighted by molar-refractivity contribution is 9.09. The van der Waals surface area contributed by atoms with E-state index < -0.39 is 0 Å². The Morgan fingerprint density at radius 1 is 1.64 bits per heavy atom. The molecule has 0 aliphatic heterocycles. The van der Waals surface area contributed by atoms with Gasteiger partial charge in [0.15, 0.2) is 5.76 Å². The molecule has 0 saturated carbocycles. The minimum atomic E-state index is -0.149. The van der Waals surface area contributed by atoms with Gasteiger partial charge in [-0.25, -0.2) is 0 Å². The van der Waals surface area contributed by atoms with Gasteiger partial charge in [-0.3, -0.25) is 4.79 Å². The van der Waals surface area contributed by atoms with Gasteiger partial charge in [0.25, 0.3) is 5.91 Å². The molecule has 0 aromatic carbocycles. The highest BCUT2D eigenvalue weighted by atomic mass is 79.9. The van der Waals surface area contributed by atoms with Gasteiger partial charge >= 0.3 is 0 Å². The summed E-state index contributed by atoms with van der Waals surface area (Å²) in [6.45, 7) is 3.85. The average molecular weight is 260 g/mol. The first-order chi connectivity index (χ1) is 6.67. The fourth-order valence-corrected chi connectivity index (χ4v) is 1.68. The number of carbonyl (C=O) groups is 1.